The van der Waals surface area contributed by atoms with Crippen molar-refractivity contribution in [3.05, 3.63) is 18.6 Å². The van der Waals surface area contributed by atoms with Crippen LogP contribution in [-0.4, -0.2) is 57.2 Å². The third-order valence-corrected chi connectivity index (χ3v) is 5.72. The topological polar surface area (TPSA) is 85.4 Å². The Labute approximate surface area is 134 Å². The molecule has 3 unspecified atom stereocenters. The number of nitrogens with one attached hydrogen (secondary N) is 1. The Morgan fingerprint density at radius 3 is 3.09 bits per heavy atom. The van der Waals surface area contributed by atoms with E-state index in [0.29, 0.717) is 25.0 Å². The van der Waals surface area contributed by atoms with Crippen molar-refractivity contribution in [3.8, 4) is 0 Å². The normalized spacial score (nSPS) is 29.9. The Kier molecular flexibility index (Phi) is 3.01. The maximum atomic E-state index is 11.2. The van der Waals surface area contributed by atoms with Crippen LogP contribution in [0.25, 0.3) is 11.0 Å². The lowest BCUT2D eigenvalue weighted by Gasteiger charge is -2.29. The second kappa shape index (κ2) is 4.84. The number of fused-ring (bicyclic) bond motifs is 2. The van der Waals surface area contributed by atoms with Gasteiger partial charge in [-0.25, -0.2) is 14.8 Å². The highest BCUT2D eigenvalue weighted by atomic mass is 16.4. The SMILES string of the molecule is CN(c1ncnc2[nH]ccc12)C1CC2CN(C(=O)O)CC2(C)C1. The molecule has 3 atom stereocenters. The zero-order valence-electron chi connectivity index (χ0n) is 13.4. The van der Waals surface area contributed by atoms with Crippen LogP contribution in [0.4, 0.5) is 10.6 Å². The fraction of sp³-hybridized carbons (Fsp3) is 0.562. The number of aromatic amines is 1. The molecule has 2 aromatic heterocycles. The molecule has 2 fully saturated rings. The van der Waals surface area contributed by atoms with Crippen LogP contribution in [0.15, 0.2) is 18.6 Å². The van der Waals surface area contributed by atoms with E-state index in [1.54, 1.807) is 11.2 Å². The van der Waals surface area contributed by atoms with Gasteiger partial charge in [0, 0.05) is 32.4 Å². The molecule has 0 radical (unpaired) electrons. The first-order chi connectivity index (χ1) is 11.0. The maximum absolute atomic E-state index is 11.2. The van der Waals surface area contributed by atoms with Gasteiger partial charge in [0.2, 0.25) is 0 Å². The third kappa shape index (κ3) is 2.14. The smallest absolute Gasteiger partial charge is 0.407 e. The molecule has 23 heavy (non-hydrogen) atoms. The molecular weight excluding hydrogens is 294 g/mol. The van der Waals surface area contributed by atoms with Crippen LogP contribution in [0, 0.1) is 11.3 Å². The Balaban J connectivity index is 1.57. The molecule has 0 bridgehead atoms. The van der Waals surface area contributed by atoms with Gasteiger partial charge in [-0.1, -0.05) is 6.92 Å². The standard InChI is InChI=1S/C16H21N5O2/c1-16-6-11(5-10(16)7-21(8-16)15(22)23)20(2)14-12-3-4-17-13(12)18-9-19-14/h3-4,9-11H,5-8H2,1-2H3,(H,22,23)(H,17,18,19). The summed E-state index contributed by atoms with van der Waals surface area (Å²) in [6.07, 6.45) is 4.68. The van der Waals surface area contributed by atoms with Crippen molar-refractivity contribution >= 4 is 22.9 Å². The number of carbonyl (C=O) groups is 1. The monoisotopic (exact) mass is 315 g/mol. The highest BCUT2D eigenvalue weighted by molar-refractivity contribution is 5.87. The summed E-state index contributed by atoms with van der Waals surface area (Å²) in [5.41, 5.74) is 0.921. The summed E-state index contributed by atoms with van der Waals surface area (Å²) in [5.74, 6) is 1.37. The summed E-state index contributed by atoms with van der Waals surface area (Å²) < 4.78 is 0. The number of hydrogen-bond donors (Lipinski definition) is 2. The van der Waals surface area contributed by atoms with E-state index in [-0.39, 0.29) is 5.41 Å². The van der Waals surface area contributed by atoms with E-state index in [9.17, 15) is 9.90 Å². The predicted molar refractivity (Wildman–Crippen MR) is 86.5 cm³/mol. The Morgan fingerprint density at radius 1 is 1.52 bits per heavy atom. The van der Waals surface area contributed by atoms with Gasteiger partial charge < -0.3 is 19.9 Å². The van der Waals surface area contributed by atoms with Crippen molar-refractivity contribution < 1.29 is 9.90 Å². The minimum Gasteiger partial charge on any atom is -0.465 e. The van der Waals surface area contributed by atoms with Crippen LogP contribution in [0.3, 0.4) is 0 Å². The summed E-state index contributed by atoms with van der Waals surface area (Å²) in [6, 6.07) is 2.39. The number of hydrogen-bond acceptors (Lipinski definition) is 4. The van der Waals surface area contributed by atoms with Crippen molar-refractivity contribution in [2.45, 2.75) is 25.8 Å². The number of likely N-dealkylation sites (tertiary alicyclic amines) is 1. The number of carboxylic acid groups (broad SMARTS) is 1. The number of aromatic nitrogens is 3. The molecule has 2 N–H and O–H groups in total. The molecule has 0 spiro atoms. The first kappa shape index (κ1) is 14.3. The molecule has 2 aromatic rings. The highest BCUT2D eigenvalue weighted by Gasteiger charge is 2.52. The second-order valence-corrected chi connectivity index (χ2v) is 7.16. The van der Waals surface area contributed by atoms with Gasteiger partial charge in [0.25, 0.3) is 0 Å². The predicted octanol–water partition coefficient (Wildman–Crippen LogP) is 2.17. The van der Waals surface area contributed by atoms with E-state index in [2.05, 4.69) is 33.8 Å². The van der Waals surface area contributed by atoms with Gasteiger partial charge in [-0.2, -0.15) is 0 Å². The Hall–Kier alpha value is -2.31. The van der Waals surface area contributed by atoms with Crippen LogP contribution in [0.5, 0.6) is 0 Å². The largest absolute Gasteiger partial charge is 0.465 e. The fourth-order valence-corrected chi connectivity index (χ4v) is 4.41. The molecule has 7 heteroatoms. The number of H-pyrrole nitrogens is 1. The molecule has 1 amide bonds. The summed E-state index contributed by atoms with van der Waals surface area (Å²) in [6.45, 7) is 3.51. The van der Waals surface area contributed by atoms with Crippen molar-refractivity contribution in [3.63, 3.8) is 0 Å². The molecule has 1 saturated carbocycles. The van der Waals surface area contributed by atoms with Gasteiger partial charge >= 0.3 is 6.09 Å². The average Bonchev–Trinajstić information content (AvgIpc) is 3.16. The van der Waals surface area contributed by atoms with Crippen molar-refractivity contribution in [1.29, 1.82) is 0 Å². The molecule has 2 aliphatic rings. The summed E-state index contributed by atoms with van der Waals surface area (Å²) in [5, 5.41) is 10.3. The van der Waals surface area contributed by atoms with E-state index >= 15 is 0 Å². The van der Waals surface area contributed by atoms with E-state index in [1.165, 1.54) is 0 Å². The quantitative estimate of drug-likeness (QED) is 0.887. The summed E-state index contributed by atoms with van der Waals surface area (Å²) in [7, 11) is 2.08. The lowest BCUT2D eigenvalue weighted by atomic mass is 9.83. The highest BCUT2D eigenvalue weighted by Crippen LogP contribution is 2.50. The second-order valence-electron chi connectivity index (χ2n) is 7.16. The number of nitrogens with zero attached hydrogens (tertiary/aromatic N) is 4. The molecule has 1 aliphatic carbocycles. The van der Waals surface area contributed by atoms with Gasteiger partial charge in [-0.3, -0.25) is 0 Å². The summed E-state index contributed by atoms with van der Waals surface area (Å²) >= 11 is 0. The fourth-order valence-electron chi connectivity index (χ4n) is 4.41. The molecule has 1 aliphatic heterocycles. The first-order valence-electron chi connectivity index (χ1n) is 7.97. The van der Waals surface area contributed by atoms with Crippen LogP contribution in [0.2, 0.25) is 0 Å². The van der Waals surface area contributed by atoms with Gasteiger partial charge in [-0.05, 0) is 30.2 Å². The van der Waals surface area contributed by atoms with Gasteiger partial charge in [0.05, 0.1) is 5.39 Å². The van der Waals surface area contributed by atoms with Gasteiger partial charge in [0.1, 0.15) is 17.8 Å². The van der Waals surface area contributed by atoms with Gasteiger partial charge in [-0.15, -0.1) is 0 Å². The molecule has 1 saturated heterocycles. The molecular formula is C16H21N5O2. The molecule has 3 heterocycles. The van der Waals surface area contributed by atoms with E-state index in [0.717, 1.165) is 29.7 Å². The van der Waals surface area contributed by atoms with Crippen LogP contribution in [-0.2, 0) is 0 Å². The maximum Gasteiger partial charge on any atom is 0.407 e. The van der Waals surface area contributed by atoms with Crippen LogP contribution < -0.4 is 4.90 Å². The van der Waals surface area contributed by atoms with Crippen LogP contribution in [0.1, 0.15) is 19.8 Å². The summed E-state index contributed by atoms with van der Waals surface area (Å²) in [4.78, 5) is 26.9. The molecule has 4 rings (SSSR count). The number of rotatable bonds is 2. The zero-order chi connectivity index (χ0) is 16.2. The zero-order valence-corrected chi connectivity index (χ0v) is 13.4. The lowest BCUT2D eigenvalue weighted by molar-refractivity contribution is 0.148. The molecule has 122 valence electrons. The minimum atomic E-state index is -0.796. The number of amides is 1. The first-order valence-corrected chi connectivity index (χ1v) is 7.97. The van der Waals surface area contributed by atoms with Crippen LogP contribution >= 0.6 is 0 Å². The number of anilines is 1. The Morgan fingerprint density at radius 2 is 2.35 bits per heavy atom. The average molecular weight is 315 g/mol. The minimum absolute atomic E-state index is 0.0710. The Bertz CT molecular complexity index is 760. The lowest BCUT2D eigenvalue weighted by Crippen LogP contribution is -2.35. The molecule has 0 aromatic carbocycles. The van der Waals surface area contributed by atoms with E-state index in [1.807, 2.05) is 12.3 Å². The third-order valence-electron chi connectivity index (χ3n) is 5.72. The van der Waals surface area contributed by atoms with Crippen molar-refractivity contribution in [2.75, 3.05) is 25.0 Å². The molecule has 7 nitrogen and oxygen atoms in total. The van der Waals surface area contributed by atoms with Crippen molar-refractivity contribution in [2.24, 2.45) is 11.3 Å². The van der Waals surface area contributed by atoms with Gasteiger partial charge in [0.15, 0.2) is 0 Å². The van der Waals surface area contributed by atoms with E-state index < -0.39 is 6.09 Å². The van der Waals surface area contributed by atoms with E-state index in [4.69, 9.17) is 0 Å². The van der Waals surface area contributed by atoms with Crippen molar-refractivity contribution in [1.82, 2.24) is 19.9 Å².